The first-order valence-electron chi connectivity index (χ1n) is 5.40. The molecule has 1 aliphatic heterocycles. The summed E-state index contributed by atoms with van der Waals surface area (Å²) in [5, 5.41) is 5.56. The van der Waals surface area contributed by atoms with Crippen LogP contribution in [0.3, 0.4) is 0 Å². The molecule has 100 valence electrons. The number of methoxy groups -OCH3 is 1. The molecule has 0 aromatic carbocycles. The third-order valence-electron chi connectivity index (χ3n) is 2.62. The fraction of sp³-hybridized carbons (Fsp3) is 0.800. The monoisotopic (exact) mass is 265 g/mol. The highest BCUT2D eigenvalue weighted by atomic mass is 35.5. The molecule has 1 rings (SSSR count). The van der Waals surface area contributed by atoms with E-state index in [1.54, 1.807) is 19.1 Å². The lowest BCUT2D eigenvalue weighted by Gasteiger charge is -2.32. The van der Waals surface area contributed by atoms with E-state index in [1.165, 1.54) is 0 Å². The van der Waals surface area contributed by atoms with Gasteiger partial charge in [-0.3, -0.25) is 9.59 Å². The molecule has 1 atom stereocenters. The number of halogens is 1. The van der Waals surface area contributed by atoms with Crippen molar-refractivity contribution >= 4 is 24.2 Å². The SMILES string of the molecule is CNC(=O)CC1NCCN(CCOC)C1=O.Cl. The largest absolute Gasteiger partial charge is 0.383 e. The summed E-state index contributed by atoms with van der Waals surface area (Å²) in [7, 11) is 3.17. The average molecular weight is 266 g/mol. The zero-order valence-corrected chi connectivity index (χ0v) is 11.0. The highest BCUT2D eigenvalue weighted by Crippen LogP contribution is 2.04. The third-order valence-corrected chi connectivity index (χ3v) is 2.62. The minimum absolute atomic E-state index is 0. The number of amides is 2. The number of carbonyl (C=O) groups excluding carboxylic acids is 2. The van der Waals surface area contributed by atoms with E-state index in [2.05, 4.69) is 10.6 Å². The van der Waals surface area contributed by atoms with E-state index in [4.69, 9.17) is 4.74 Å². The quantitative estimate of drug-likeness (QED) is 0.668. The van der Waals surface area contributed by atoms with Crippen molar-refractivity contribution in [1.82, 2.24) is 15.5 Å². The van der Waals surface area contributed by atoms with Crippen molar-refractivity contribution in [3.63, 3.8) is 0 Å². The Morgan fingerprint density at radius 1 is 1.65 bits per heavy atom. The Hall–Kier alpha value is -0.850. The first kappa shape index (κ1) is 16.1. The minimum atomic E-state index is -0.398. The van der Waals surface area contributed by atoms with Gasteiger partial charge in [0.2, 0.25) is 11.8 Å². The van der Waals surface area contributed by atoms with Gasteiger partial charge in [0, 0.05) is 33.8 Å². The molecule has 7 heteroatoms. The summed E-state index contributed by atoms with van der Waals surface area (Å²) in [5.41, 5.74) is 0. The standard InChI is InChI=1S/C10H19N3O3.ClH/c1-11-9(14)7-8-10(15)13(4-3-12-8)5-6-16-2;/h8,12H,3-7H2,1-2H3,(H,11,14);1H. The van der Waals surface area contributed by atoms with Crippen LogP contribution in [0.1, 0.15) is 6.42 Å². The predicted molar refractivity (Wildman–Crippen MR) is 66.2 cm³/mol. The van der Waals surface area contributed by atoms with Gasteiger partial charge in [0.05, 0.1) is 19.1 Å². The van der Waals surface area contributed by atoms with Crippen LogP contribution in [0.4, 0.5) is 0 Å². The summed E-state index contributed by atoms with van der Waals surface area (Å²) < 4.78 is 4.94. The second kappa shape index (κ2) is 8.27. The van der Waals surface area contributed by atoms with E-state index >= 15 is 0 Å². The van der Waals surface area contributed by atoms with E-state index in [-0.39, 0.29) is 30.6 Å². The van der Waals surface area contributed by atoms with Gasteiger partial charge < -0.3 is 20.3 Å². The Morgan fingerprint density at radius 2 is 2.35 bits per heavy atom. The number of ether oxygens (including phenoxy) is 1. The number of carbonyl (C=O) groups is 2. The predicted octanol–water partition coefficient (Wildman–Crippen LogP) is -1.01. The maximum atomic E-state index is 11.9. The van der Waals surface area contributed by atoms with Gasteiger partial charge in [0.25, 0.3) is 0 Å². The van der Waals surface area contributed by atoms with Crippen LogP contribution in [0.15, 0.2) is 0 Å². The summed E-state index contributed by atoms with van der Waals surface area (Å²) >= 11 is 0. The van der Waals surface area contributed by atoms with Crippen LogP contribution in [-0.2, 0) is 14.3 Å². The third kappa shape index (κ3) is 4.89. The molecule has 1 heterocycles. The van der Waals surface area contributed by atoms with Crippen LogP contribution in [0.2, 0.25) is 0 Å². The van der Waals surface area contributed by atoms with Gasteiger partial charge in [-0.2, -0.15) is 0 Å². The zero-order chi connectivity index (χ0) is 12.0. The van der Waals surface area contributed by atoms with Crippen molar-refractivity contribution in [2.24, 2.45) is 0 Å². The number of nitrogens with zero attached hydrogens (tertiary/aromatic N) is 1. The summed E-state index contributed by atoms with van der Waals surface area (Å²) in [6.07, 6.45) is 0.193. The van der Waals surface area contributed by atoms with Gasteiger partial charge in [0.15, 0.2) is 0 Å². The molecule has 1 saturated heterocycles. The molecule has 0 aromatic rings. The van der Waals surface area contributed by atoms with E-state index in [0.29, 0.717) is 19.7 Å². The van der Waals surface area contributed by atoms with Crippen LogP contribution < -0.4 is 10.6 Å². The van der Waals surface area contributed by atoms with Gasteiger partial charge in [-0.05, 0) is 0 Å². The number of nitrogens with one attached hydrogen (secondary N) is 2. The summed E-state index contributed by atoms with van der Waals surface area (Å²) in [6, 6.07) is -0.398. The van der Waals surface area contributed by atoms with E-state index in [1.807, 2.05) is 0 Å². The van der Waals surface area contributed by atoms with Crippen molar-refractivity contribution in [2.45, 2.75) is 12.5 Å². The smallest absolute Gasteiger partial charge is 0.240 e. The number of piperazine rings is 1. The Morgan fingerprint density at radius 3 is 2.94 bits per heavy atom. The molecule has 1 aliphatic rings. The Kier molecular flexibility index (Phi) is 7.86. The Balaban J connectivity index is 0.00000256. The lowest BCUT2D eigenvalue weighted by Crippen LogP contribution is -2.56. The lowest BCUT2D eigenvalue weighted by atomic mass is 10.1. The Bertz CT molecular complexity index is 263. The number of hydrogen-bond acceptors (Lipinski definition) is 4. The van der Waals surface area contributed by atoms with Crippen LogP contribution >= 0.6 is 12.4 Å². The molecule has 1 fully saturated rings. The highest BCUT2D eigenvalue weighted by Gasteiger charge is 2.29. The first-order valence-corrected chi connectivity index (χ1v) is 5.40. The van der Waals surface area contributed by atoms with E-state index < -0.39 is 6.04 Å². The van der Waals surface area contributed by atoms with Gasteiger partial charge in [0.1, 0.15) is 0 Å². The molecule has 6 nitrogen and oxygen atoms in total. The molecule has 0 radical (unpaired) electrons. The van der Waals surface area contributed by atoms with Crippen molar-refractivity contribution in [3.05, 3.63) is 0 Å². The van der Waals surface area contributed by atoms with Gasteiger partial charge >= 0.3 is 0 Å². The molecular weight excluding hydrogens is 246 g/mol. The normalized spacial score (nSPS) is 19.8. The molecular formula is C10H20ClN3O3. The maximum absolute atomic E-state index is 11.9. The first-order chi connectivity index (χ1) is 7.69. The molecule has 17 heavy (non-hydrogen) atoms. The van der Waals surface area contributed by atoms with Gasteiger partial charge in [-0.15, -0.1) is 12.4 Å². The molecule has 0 spiro atoms. The van der Waals surface area contributed by atoms with Gasteiger partial charge in [-0.25, -0.2) is 0 Å². The molecule has 0 aromatic heterocycles. The van der Waals surface area contributed by atoms with Crippen molar-refractivity contribution in [1.29, 1.82) is 0 Å². The topological polar surface area (TPSA) is 70.7 Å². The van der Waals surface area contributed by atoms with Crippen molar-refractivity contribution in [3.8, 4) is 0 Å². The van der Waals surface area contributed by atoms with E-state index in [9.17, 15) is 9.59 Å². The van der Waals surface area contributed by atoms with E-state index in [0.717, 1.165) is 6.54 Å². The fourth-order valence-electron chi connectivity index (χ4n) is 1.66. The summed E-state index contributed by atoms with van der Waals surface area (Å²) in [6.45, 7) is 2.50. The summed E-state index contributed by atoms with van der Waals surface area (Å²) in [5.74, 6) is -0.147. The van der Waals surface area contributed by atoms with Crippen molar-refractivity contribution in [2.75, 3.05) is 40.4 Å². The Labute approximate surface area is 107 Å². The molecule has 2 amide bonds. The van der Waals surface area contributed by atoms with Crippen molar-refractivity contribution < 1.29 is 14.3 Å². The second-order valence-corrected chi connectivity index (χ2v) is 3.70. The van der Waals surface area contributed by atoms with Crippen LogP contribution in [0.25, 0.3) is 0 Å². The fourth-order valence-corrected chi connectivity index (χ4v) is 1.66. The lowest BCUT2D eigenvalue weighted by molar-refractivity contribution is -0.138. The second-order valence-electron chi connectivity index (χ2n) is 3.70. The van der Waals surface area contributed by atoms with Crippen LogP contribution in [0, 0.1) is 0 Å². The molecule has 1 unspecified atom stereocenters. The number of rotatable bonds is 5. The zero-order valence-electron chi connectivity index (χ0n) is 10.2. The minimum Gasteiger partial charge on any atom is -0.383 e. The molecule has 0 aliphatic carbocycles. The molecule has 0 bridgehead atoms. The molecule has 2 N–H and O–H groups in total. The van der Waals surface area contributed by atoms with Crippen LogP contribution in [-0.4, -0.2) is 63.2 Å². The average Bonchev–Trinajstić information content (AvgIpc) is 2.30. The highest BCUT2D eigenvalue weighted by molar-refractivity contribution is 5.88. The summed E-state index contributed by atoms with van der Waals surface area (Å²) in [4.78, 5) is 24.8. The molecule has 0 saturated carbocycles. The number of hydrogen-bond donors (Lipinski definition) is 2. The maximum Gasteiger partial charge on any atom is 0.240 e. The van der Waals surface area contributed by atoms with Gasteiger partial charge in [-0.1, -0.05) is 0 Å². The van der Waals surface area contributed by atoms with Crippen LogP contribution in [0.5, 0.6) is 0 Å².